The molecule has 58 valence electrons. The number of carbonyl (C=O) groups is 1. The molecule has 1 N–H and O–H groups in total. The standard InChI is InChI=1S/C7H6FNO2/c1-4(10)5-2-3-6(11)7(8)9-5/h2-3,11H,1H3. The summed E-state index contributed by atoms with van der Waals surface area (Å²) in [5, 5.41) is 8.68. The fraction of sp³-hybridized carbons (Fsp3) is 0.143. The quantitative estimate of drug-likeness (QED) is 0.488. The van der Waals surface area contributed by atoms with E-state index in [1.165, 1.54) is 13.0 Å². The van der Waals surface area contributed by atoms with Crippen molar-refractivity contribution in [2.75, 3.05) is 0 Å². The molecule has 0 aliphatic heterocycles. The summed E-state index contributed by atoms with van der Waals surface area (Å²) in [5.41, 5.74) is 0.0142. The molecule has 11 heavy (non-hydrogen) atoms. The first-order valence-electron chi connectivity index (χ1n) is 2.97. The van der Waals surface area contributed by atoms with Crippen LogP contribution < -0.4 is 0 Å². The Bertz CT molecular complexity index is 298. The van der Waals surface area contributed by atoms with Gasteiger partial charge in [0.05, 0.1) is 0 Å². The Morgan fingerprint density at radius 3 is 2.73 bits per heavy atom. The van der Waals surface area contributed by atoms with Crippen LogP contribution in [-0.4, -0.2) is 15.9 Å². The van der Waals surface area contributed by atoms with Crippen LogP contribution in [0.5, 0.6) is 5.75 Å². The molecule has 0 aromatic carbocycles. The summed E-state index contributed by atoms with van der Waals surface area (Å²) in [6.45, 7) is 1.28. The number of halogens is 1. The lowest BCUT2D eigenvalue weighted by Gasteiger charge is -1.95. The van der Waals surface area contributed by atoms with Crippen LogP contribution in [0.3, 0.4) is 0 Å². The number of hydrogen-bond acceptors (Lipinski definition) is 3. The number of hydrogen-bond donors (Lipinski definition) is 1. The van der Waals surface area contributed by atoms with Crippen molar-refractivity contribution in [2.24, 2.45) is 0 Å². The van der Waals surface area contributed by atoms with Crippen molar-refractivity contribution in [1.82, 2.24) is 4.98 Å². The molecular weight excluding hydrogens is 149 g/mol. The molecule has 0 aliphatic carbocycles. The van der Waals surface area contributed by atoms with Gasteiger partial charge in [-0.3, -0.25) is 4.79 Å². The summed E-state index contributed by atoms with van der Waals surface area (Å²) in [7, 11) is 0. The first-order valence-corrected chi connectivity index (χ1v) is 2.97. The molecule has 0 atom stereocenters. The largest absolute Gasteiger partial charge is 0.504 e. The zero-order valence-corrected chi connectivity index (χ0v) is 5.84. The summed E-state index contributed by atoms with van der Waals surface area (Å²) in [6.07, 6.45) is 0. The van der Waals surface area contributed by atoms with Crippen molar-refractivity contribution >= 4 is 5.78 Å². The molecule has 0 unspecified atom stereocenters. The Morgan fingerprint density at radius 2 is 2.27 bits per heavy atom. The van der Waals surface area contributed by atoms with E-state index in [1.54, 1.807) is 0 Å². The molecule has 0 amide bonds. The second kappa shape index (κ2) is 2.65. The van der Waals surface area contributed by atoms with Gasteiger partial charge in [-0.25, -0.2) is 4.98 Å². The number of aromatic hydroxyl groups is 1. The Morgan fingerprint density at radius 1 is 1.64 bits per heavy atom. The summed E-state index contributed by atoms with van der Waals surface area (Å²) in [5.74, 6) is -1.89. The molecule has 1 rings (SSSR count). The molecule has 1 aromatic heterocycles. The second-order valence-corrected chi connectivity index (χ2v) is 2.06. The van der Waals surface area contributed by atoms with E-state index < -0.39 is 11.7 Å². The van der Waals surface area contributed by atoms with Crippen molar-refractivity contribution in [2.45, 2.75) is 6.92 Å². The predicted octanol–water partition coefficient (Wildman–Crippen LogP) is 1.13. The Labute approximate surface area is 62.5 Å². The van der Waals surface area contributed by atoms with Crippen LogP contribution in [0.25, 0.3) is 0 Å². The highest BCUT2D eigenvalue weighted by Crippen LogP contribution is 2.12. The lowest BCUT2D eigenvalue weighted by Crippen LogP contribution is -1.97. The number of ketones is 1. The second-order valence-electron chi connectivity index (χ2n) is 2.06. The van der Waals surface area contributed by atoms with E-state index in [4.69, 9.17) is 5.11 Å². The summed E-state index contributed by atoms with van der Waals surface area (Å²) < 4.78 is 12.4. The van der Waals surface area contributed by atoms with Crippen molar-refractivity contribution in [3.63, 3.8) is 0 Å². The van der Waals surface area contributed by atoms with Gasteiger partial charge in [0.25, 0.3) is 5.95 Å². The monoisotopic (exact) mass is 155 g/mol. The highest BCUT2D eigenvalue weighted by molar-refractivity contribution is 5.92. The zero-order valence-electron chi connectivity index (χ0n) is 5.84. The van der Waals surface area contributed by atoms with Gasteiger partial charge in [-0.05, 0) is 12.1 Å². The first kappa shape index (κ1) is 7.65. The lowest BCUT2D eigenvalue weighted by atomic mass is 10.3. The maximum absolute atomic E-state index is 12.4. The topological polar surface area (TPSA) is 50.2 Å². The number of nitrogens with zero attached hydrogens (tertiary/aromatic N) is 1. The third-order valence-electron chi connectivity index (χ3n) is 1.19. The van der Waals surface area contributed by atoms with Crippen LogP contribution >= 0.6 is 0 Å². The number of rotatable bonds is 1. The minimum absolute atomic E-state index is 0.0142. The van der Waals surface area contributed by atoms with Crippen LogP contribution in [0.4, 0.5) is 4.39 Å². The average Bonchev–Trinajstić information content (AvgIpc) is 1.94. The third kappa shape index (κ3) is 1.52. The molecule has 0 fully saturated rings. The molecule has 0 spiro atoms. The van der Waals surface area contributed by atoms with Gasteiger partial charge < -0.3 is 5.11 Å². The number of aromatic nitrogens is 1. The minimum atomic E-state index is -1.02. The average molecular weight is 155 g/mol. The molecular formula is C7H6FNO2. The van der Waals surface area contributed by atoms with Crippen LogP contribution in [0.1, 0.15) is 17.4 Å². The van der Waals surface area contributed by atoms with E-state index in [0.29, 0.717) is 0 Å². The summed E-state index contributed by atoms with van der Waals surface area (Å²) in [4.78, 5) is 13.8. The highest BCUT2D eigenvalue weighted by Gasteiger charge is 2.05. The van der Waals surface area contributed by atoms with Gasteiger partial charge in [0.1, 0.15) is 5.69 Å². The molecule has 1 heterocycles. The fourth-order valence-corrected chi connectivity index (χ4v) is 0.623. The Balaban J connectivity index is 3.15. The van der Waals surface area contributed by atoms with E-state index in [1.807, 2.05) is 0 Å². The van der Waals surface area contributed by atoms with E-state index in [-0.39, 0.29) is 11.5 Å². The van der Waals surface area contributed by atoms with Crippen LogP contribution in [0.15, 0.2) is 12.1 Å². The van der Waals surface area contributed by atoms with Gasteiger partial charge in [-0.1, -0.05) is 0 Å². The van der Waals surface area contributed by atoms with Crippen LogP contribution in [0.2, 0.25) is 0 Å². The number of pyridine rings is 1. The van der Waals surface area contributed by atoms with Crippen LogP contribution in [0, 0.1) is 5.95 Å². The van der Waals surface area contributed by atoms with E-state index in [2.05, 4.69) is 4.98 Å². The fourth-order valence-electron chi connectivity index (χ4n) is 0.623. The summed E-state index contributed by atoms with van der Waals surface area (Å²) in [6, 6.07) is 2.36. The van der Waals surface area contributed by atoms with Crippen molar-refractivity contribution in [3.05, 3.63) is 23.8 Å². The smallest absolute Gasteiger partial charge is 0.255 e. The van der Waals surface area contributed by atoms with Gasteiger partial charge in [0.2, 0.25) is 0 Å². The van der Waals surface area contributed by atoms with E-state index >= 15 is 0 Å². The van der Waals surface area contributed by atoms with Crippen molar-refractivity contribution in [1.29, 1.82) is 0 Å². The maximum Gasteiger partial charge on any atom is 0.255 e. The van der Waals surface area contributed by atoms with Gasteiger partial charge in [-0.15, -0.1) is 0 Å². The zero-order chi connectivity index (χ0) is 8.43. The normalized spacial score (nSPS) is 9.64. The molecule has 4 heteroatoms. The van der Waals surface area contributed by atoms with Crippen molar-refractivity contribution in [3.8, 4) is 5.75 Å². The van der Waals surface area contributed by atoms with Gasteiger partial charge in [0.15, 0.2) is 11.5 Å². The minimum Gasteiger partial charge on any atom is -0.504 e. The molecule has 0 aliphatic rings. The first-order chi connectivity index (χ1) is 5.11. The number of carbonyl (C=O) groups excluding carboxylic acids is 1. The molecule has 0 saturated heterocycles. The Kier molecular flexibility index (Phi) is 1.85. The van der Waals surface area contributed by atoms with Crippen molar-refractivity contribution < 1.29 is 14.3 Å². The molecule has 0 saturated carbocycles. The molecule has 1 aromatic rings. The van der Waals surface area contributed by atoms with E-state index in [0.717, 1.165) is 6.07 Å². The Hall–Kier alpha value is -1.45. The lowest BCUT2D eigenvalue weighted by molar-refractivity contribution is 0.101. The van der Waals surface area contributed by atoms with Crippen LogP contribution in [-0.2, 0) is 0 Å². The maximum atomic E-state index is 12.4. The van der Waals surface area contributed by atoms with E-state index in [9.17, 15) is 9.18 Å². The third-order valence-corrected chi connectivity index (χ3v) is 1.19. The van der Waals surface area contributed by atoms with Gasteiger partial charge in [-0.2, -0.15) is 4.39 Å². The molecule has 0 radical (unpaired) electrons. The number of Topliss-reactive ketones (excluding diaryl/α,β-unsaturated/α-hetero) is 1. The van der Waals surface area contributed by atoms with Gasteiger partial charge >= 0.3 is 0 Å². The SMILES string of the molecule is CC(=O)c1ccc(O)c(F)n1. The molecule has 0 bridgehead atoms. The predicted molar refractivity (Wildman–Crippen MR) is 35.9 cm³/mol. The highest BCUT2D eigenvalue weighted by atomic mass is 19.1. The summed E-state index contributed by atoms with van der Waals surface area (Å²) >= 11 is 0. The van der Waals surface area contributed by atoms with Gasteiger partial charge in [0, 0.05) is 6.92 Å². The molecule has 3 nitrogen and oxygen atoms in total.